The standard InChI is InChI=1S/C18H26N2O3/c1-14-5-7-17(8-6-14)23-13-3-4-18(22)19-16-9-11-20(12-10-16)15(2)21/h5-8,16H,3-4,9-13H2,1-2H3,(H,19,22). The lowest BCUT2D eigenvalue weighted by Gasteiger charge is -2.31. The van der Waals surface area contributed by atoms with Gasteiger partial charge in [0.2, 0.25) is 11.8 Å². The SMILES string of the molecule is CC(=O)N1CCC(NC(=O)CCCOc2ccc(C)cc2)CC1. The molecule has 5 heteroatoms. The molecule has 1 aromatic carbocycles. The number of likely N-dealkylation sites (tertiary alicyclic amines) is 1. The van der Waals surface area contributed by atoms with Gasteiger partial charge < -0.3 is 15.0 Å². The Morgan fingerprint density at radius 3 is 2.48 bits per heavy atom. The number of nitrogens with one attached hydrogen (secondary N) is 1. The van der Waals surface area contributed by atoms with Crippen LogP contribution in [0.1, 0.15) is 38.2 Å². The van der Waals surface area contributed by atoms with Gasteiger partial charge in [0.05, 0.1) is 6.61 Å². The molecule has 0 saturated carbocycles. The maximum absolute atomic E-state index is 11.9. The van der Waals surface area contributed by atoms with Gasteiger partial charge in [-0.1, -0.05) is 17.7 Å². The summed E-state index contributed by atoms with van der Waals surface area (Å²) in [5, 5.41) is 3.05. The van der Waals surface area contributed by atoms with Crippen LogP contribution in [0, 0.1) is 6.92 Å². The van der Waals surface area contributed by atoms with E-state index in [9.17, 15) is 9.59 Å². The summed E-state index contributed by atoms with van der Waals surface area (Å²) in [6, 6.07) is 8.09. The molecule has 1 N–H and O–H groups in total. The summed E-state index contributed by atoms with van der Waals surface area (Å²) in [7, 11) is 0. The van der Waals surface area contributed by atoms with Crippen molar-refractivity contribution in [2.75, 3.05) is 19.7 Å². The van der Waals surface area contributed by atoms with E-state index in [1.54, 1.807) is 6.92 Å². The number of carbonyl (C=O) groups is 2. The fraction of sp³-hybridized carbons (Fsp3) is 0.556. The summed E-state index contributed by atoms with van der Waals surface area (Å²) >= 11 is 0. The lowest BCUT2D eigenvalue weighted by Crippen LogP contribution is -2.46. The lowest BCUT2D eigenvalue weighted by atomic mass is 10.0. The van der Waals surface area contributed by atoms with Crippen LogP contribution in [0.5, 0.6) is 5.75 Å². The summed E-state index contributed by atoms with van der Waals surface area (Å²) in [5.74, 6) is 1.02. The molecule has 0 aliphatic carbocycles. The quantitative estimate of drug-likeness (QED) is 0.819. The molecule has 1 saturated heterocycles. The average Bonchev–Trinajstić information content (AvgIpc) is 2.54. The minimum atomic E-state index is 0.0683. The van der Waals surface area contributed by atoms with E-state index in [0.29, 0.717) is 19.4 Å². The normalized spacial score (nSPS) is 15.3. The van der Waals surface area contributed by atoms with Gasteiger partial charge in [-0.05, 0) is 38.3 Å². The van der Waals surface area contributed by atoms with Crippen LogP contribution in [0.3, 0.4) is 0 Å². The molecule has 5 nitrogen and oxygen atoms in total. The van der Waals surface area contributed by atoms with Crippen molar-refractivity contribution in [2.24, 2.45) is 0 Å². The highest BCUT2D eigenvalue weighted by molar-refractivity contribution is 5.76. The number of piperidine rings is 1. The molecule has 1 fully saturated rings. The van der Waals surface area contributed by atoms with Crippen LogP contribution < -0.4 is 10.1 Å². The van der Waals surface area contributed by atoms with E-state index < -0.39 is 0 Å². The predicted molar refractivity (Wildman–Crippen MR) is 89.3 cm³/mol. The highest BCUT2D eigenvalue weighted by Crippen LogP contribution is 2.12. The number of aryl methyl sites for hydroxylation is 1. The van der Waals surface area contributed by atoms with Gasteiger partial charge in [0, 0.05) is 32.5 Å². The molecule has 0 unspecified atom stereocenters. The summed E-state index contributed by atoms with van der Waals surface area (Å²) in [6.45, 7) is 5.63. The zero-order valence-corrected chi connectivity index (χ0v) is 14.0. The van der Waals surface area contributed by atoms with Gasteiger partial charge >= 0.3 is 0 Å². The molecule has 0 bridgehead atoms. The van der Waals surface area contributed by atoms with Crippen LogP contribution in [0.25, 0.3) is 0 Å². The van der Waals surface area contributed by atoms with Crippen molar-refractivity contribution in [3.05, 3.63) is 29.8 Å². The Morgan fingerprint density at radius 1 is 1.22 bits per heavy atom. The largest absolute Gasteiger partial charge is 0.494 e. The lowest BCUT2D eigenvalue weighted by molar-refractivity contribution is -0.130. The minimum absolute atomic E-state index is 0.0683. The van der Waals surface area contributed by atoms with Crippen molar-refractivity contribution >= 4 is 11.8 Å². The third kappa shape index (κ3) is 5.93. The van der Waals surface area contributed by atoms with Crippen LogP contribution in [-0.4, -0.2) is 42.5 Å². The average molecular weight is 318 g/mol. The topological polar surface area (TPSA) is 58.6 Å². The molecular formula is C18H26N2O3. The predicted octanol–water partition coefficient (Wildman–Crippen LogP) is 2.28. The molecule has 0 atom stereocenters. The first kappa shape index (κ1) is 17.3. The Labute approximate surface area is 138 Å². The summed E-state index contributed by atoms with van der Waals surface area (Å²) in [5.41, 5.74) is 1.20. The summed E-state index contributed by atoms with van der Waals surface area (Å²) in [4.78, 5) is 25.0. The van der Waals surface area contributed by atoms with Gasteiger partial charge in [0.25, 0.3) is 0 Å². The van der Waals surface area contributed by atoms with Crippen molar-refractivity contribution in [3.63, 3.8) is 0 Å². The first-order valence-electron chi connectivity index (χ1n) is 8.29. The second-order valence-corrected chi connectivity index (χ2v) is 6.11. The minimum Gasteiger partial charge on any atom is -0.494 e. The molecule has 0 spiro atoms. The van der Waals surface area contributed by atoms with Gasteiger partial charge in [0.1, 0.15) is 5.75 Å². The number of nitrogens with zero attached hydrogens (tertiary/aromatic N) is 1. The molecule has 1 heterocycles. The summed E-state index contributed by atoms with van der Waals surface area (Å²) < 4.78 is 5.62. The Kier molecular flexibility index (Phi) is 6.44. The number of hydrogen-bond donors (Lipinski definition) is 1. The van der Waals surface area contributed by atoms with Crippen molar-refractivity contribution < 1.29 is 14.3 Å². The molecule has 2 amide bonds. The van der Waals surface area contributed by atoms with Crippen LogP contribution in [-0.2, 0) is 9.59 Å². The Morgan fingerprint density at radius 2 is 1.87 bits per heavy atom. The van der Waals surface area contributed by atoms with E-state index in [1.165, 1.54) is 5.56 Å². The zero-order valence-electron chi connectivity index (χ0n) is 14.0. The highest BCUT2D eigenvalue weighted by atomic mass is 16.5. The molecule has 1 aliphatic rings. The highest BCUT2D eigenvalue weighted by Gasteiger charge is 2.21. The Balaban J connectivity index is 1.58. The molecule has 23 heavy (non-hydrogen) atoms. The van der Waals surface area contributed by atoms with Crippen molar-refractivity contribution in [1.29, 1.82) is 0 Å². The fourth-order valence-electron chi connectivity index (χ4n) is 2.70. The van der Waals surface area contributed by atoms with Gasteiger partial charge in [-0.25, -0.2) is 0 Å². The van der Waals surface area contributed by atoms with Gasteiger partial charge in [-0.2, -0.15) is 0 Å². The first-order chi connectivity index (χ1) is 11.0. The fourth-order valence-corrected chi connectivity index (χ4v) is 2.70. The van der Waals surface area contributed by atoms with E-state index in [1.807, 2.05) is 36.1 Å². The second-order valence-electron chi connectivity index (χ2n) is 6.11. The molecule has 0 radical (unpaired) electrons. The molecule has 0 aromatic heterocycles. The van der Waals surface area contributed by atoms with Gasteiger partial charge in [-0.3, -0.25) is 9.59 Å². The summed E-state index contributed by atoms with van der Waals surface area (Å²) in [6.07, 6.45) is 2.85. The maximum atomic E-state index is 11.9. The zero-order chi connectivity index (χ0) is 16.7. The van der Waals surface area contributed by atoms with Crippen LogP contribution in [0.4, 0.5) is 0 Å². The maximum Gasteiger partial charge on any atom is 0.220 e. The van der Waals surface area contributed by atoms with Crippen molar-refractivity contribution in [2.45, 2.75) is 45.6 Å². The van der Waals surface area contributed by atoms with E-state index in [4.69, 9.17) is 4.74 Å². The number of hydrogen-bond acceptors (Lipinski definition) is 3. The van der Waals surface area contributed by atoms with E-state index in [2.05, 4.69) is 5.32 Å². The Bertz CT molecular complexity index is 520. The van der Waals surface area contributed by atoms with E-state index >= 15 is 0 Å². The van der Waals surface area contributed by atoms with Crippen LogP contribution >= 0.6 is 0 Å². The number of amides is 2. The van der Waals surface area contributed by atoms with Gasteiger partial charge in [0.15, 0.2) is 0 Å². The first-order valence-corrected chi connectivity index (χ1v) is 8.29. The number of ether oxygens (including phenoxy) is 1. The van der Waals surface area contributed by atoms with Crippen LogP contribution in [0.15, 0.2) is 24.3 Å². The molecule has 1 aromatic rings. The molecule has 1 aliphatic heterocycles. The smallest absolute Gasteiger partial charge is 0.220 e. The number of rotatable bonds is 6. The number of carbonyl (C=O) groups excluding carboxylic acids is 2. The molecular weight excluding hydrogens is 292 g/mol. The van der Waals surface area contributed by atoms with Gasteiger partial charge in [-0.15, -0.1) is 0 Å². The van der Waals surface area contributed by atoms with E-state index in [-0.39, 0.29) is 17.9 Å². The third-order valence-corrected chi connectivity index (χ3v) is 4.14. The number of benzene rings is 1. The molecule has 126 valence electrons. The molecule has 2 rings (SSSR count). The third-order valence-electron chi connectivity index (χ3n) is 4.14. The Hall–Kier alpha value is -2.04. The van der Waals surface area contributed by atoms with Crippen molar-refractivity contribution in [3.8, 4) is 5.75 Å². The van der Waals surface area contributed by atoms with Crippen molar-refractivity contribution in [1.82, 2.24) is 10.2 Å². The second kappa shape index (κ2) is 8.56. The monoisotopic (exact) mass is 318 g/mol. The van der Waals surface area contributed by atoms with Crippen LogP contribution in [0.2, 0.25) is 0 Å². The van der Waals surface area contributed by atoms with E-state index in [0.717, 1.165) is 31.7 Å².